The van der Waals surface area contributed by atoms with Crippen molar-refractivity contribution in [3.63, 3.8) is 0 Å². The van der Waals surface area contributed by atoms with Crippen LogP contribution in [0.3, 0.4) is 0 Å². The van der Waals surface area contributed by atoms with Crippen molar-refractivity contribution in [3.8, 4) is 6.07 Å². The number of ether oxygens (including phenoxy) is 2. The topological polar surface area (TPSA) is 112 Å². The van der Waals surface area contributed by atoms with Crippen molar-refractivity contribution in [2.24, 2.45) is 0 Å². The summed E-state index contributed by atoms with van der Waals surface area (Å²) < 4.78 is 10.2. The Labute approximate surface area is 208 Å². The van der Waals surface area contributed by atoms with Gasteiger partial charge in [-0.2, -0.15) is 5.26 Å². The fourth-order valence-corrected chi connectivity index (χ4v) is 4.46. The lowest BCUT2D eigenvalue weighted by atomic mass is 10.2. The molecule has 1 aliphatic rings. The van der Waals surface area contributed by atoms with Crippen molar-refractivity contribution in [1.29, 1.82) is 5.26 Å². The summed E-state index contributed by atoms with van der Waals surface area (Å²) in [5.41, 5.74) is 1.86. The third-order valence-corrected chi connectivity index (χ3v) is 6.36. The van der Waals surface area contributed by atoms with E-state index in [0.29, 0.717) is 23.9 Å². The highest BCUT2D eigenvalue weighted by atomic mass is 32.2. The van der Waals surface area contributed by atoms with Crippen molar-refractivity contribution in [3.05, 3.63) is 65.5 Å². The standard InChI is InChI=1S/C25H26N4O5S/c1-28-19-9-5-6-10-20(19)29(2)24(28)18(14-26)21(30)15-34-25(32)17-8-4-7-11-22(17)35-16-23(31)27-12-13-33-3/h4-11H,12-13,15-16H2,1-3H3,(H,27,31). The van der Waals surface area contributed by atoms with Gasteiger partial charge >= 0.3 is 5.97 Å². The first-order chi connectivity index (χ1) is 16.9. The molecule has 2 aromatic carbocycles. The molecule has 0 atom stereocenters. The molecule has 1 aliphatic heterocycles. The van der Waals surface area contributed by atoms with Gasteiger partial charge in [-0.05, 0) is 24.3 Å². The summed E-state index contributed by atoms with van der Waals surface area (Å²) in [5, 5.41) is 12.4. The molecule has 0 radical (unpaired) electrons. The third-order valence-electron chi connectivity index (χ3n) is 5.28. The van der Waals surface area contributed by atoms with Gasteiger partial charge in [-0.3, -0.25) is 9.59 Å². The number of rotatable bonds is 10. The number of hydrogen-bond donors (Lipinski definition) is 1. The number of thioether (sulfide) groups is 1. The van der Waals surface area contributed by atoms with E-state index in [1.165, 1.54) is 11.8 Å². The smallest absolute Gasteiger partial charge is 0.339 e. The van der Waals surface area contributed by atoms with Crippen molar-refractivity contribution in [2.75, 3.05) is 56.5 Å². The van der Waals surface area contributed by atoms with Crippen LogP contribution in [0.1, 0.15) is 10.4 Å². The van der Waals surface area contributed by atoms with Gasteiger partial charge < -0.3 is 24.6 Å². The number of amides is 1. The minimum absolute atomic E-state index is 0.102. The van der Waals surface area contributed by atoms with Crippen LogP contribution >= 0.6 is 11.8 Å². The molecule has 0 saturated carbocycles. The summed E-state index contributed by atoms with van der Waals surface area (Å²) in [5.74, 6) is -0.978. The van der Waals surface area contributed by atoms with Crippen LogP contribution < -0.4 is 15.1 Å². The Morgan fingerprint density at radius 2 is 1.66 bits per heavy atom. The zero-order chi connectivity index (χ0) is 25.4. The lowest BCUT2D eigenvalue weighted by Gasteiger charge is -2.19. The van der Waals surface area contributed by atoms with Crippen LogP contribution in [0.2, 0.25) is 0 Å². The average molecular weight is 495 g/mol. The number of nitrogens with one attached hydrogen (secondary N) is 1. The van der Waals surface area contributed by atoms with Crippen LogP contribution in [0.5, 0.6) is 0 Å². The number of anilines is 2. The van der Waals surface area contributed by atoms with Gasteiger partial charge in [0.15, 0.2) is 6.61 Å². The van der Waals surface area contributed by atoms with E-state index in [0.717, 1.165) is 11.4 Å². The Balaban J connectivity index is 1.67. The van der Waals surface area contributed by atoms with Gasteiger partial charge in [0.05, 0.1) is 29.3 Å². The number of para-hydroxylation sites is 2. The second kappa shape index (κ2) is 12.1. The molecular formula is C25H26N4O5S. The summed E-state index contributed by atoms with van der Waals surface area (Å²) in [6.45, 7) is 0.222. The number of hydrogen-bond acceptors (Lipinski definition) is 9. The zero-order valence-electron chi connectivity index (χ0n) is 19.7. The minimum atomic E-state index is -0.708. The van der Waals surface area contributed by atoms with Crippen LogP contribution in [0.15, 0.2) is 64.8 Å². The number of methoxy groups -OCH3 is 1. The maximum absolute atomic E-state index is 12.9. The van der Waals surface area contributed by atoms with Crippen molar-refractivity contribution in [2.45, 2.75) is 4.90 Å². The fourth-order valence-electron chi connectivity index (χ4n) is 3.59. The summed E-state index contributed by atoms with van der Waals surface area (Å²) in [6.07, 6.45) is 0. The van der Waals surface area contributed by atoms with Gasteiger partial charge in [0.2, 0.25) is 11.7 Å². The second-order valence-electron chi connectivity index (χ2n) is 7.54. The predicted molar refractivity (Wildman–Crippen MR) is 133 cm³/mol. The molecule has 1 N–H and O–H groups in total. The number of fused-ring (bicyclic) bond motifs is 1. The molecule has 0 aromatic heterocycles. The minimum Gasteiger partial charge on any atom is -0.454 e. The molecule has 0 fully saturated rings. The molecule has 1 heterocycles. The molecule has 10 heteroatoms. The number of nitriles is 1. The highest BCUT2D eigenvalue weighted by Crippen LogP contribution is 2.40. The Hall–Kier alpha value is -3.81. The monoisotopic (exact) mass is 494 g/mol. The molecule has 35 heavy (non-hydrogen) atoms. The second-order valence-corrected chi connectivity index (χ2v) is 8.56. The van der Waals surface area contributed by atoms with Crippen LogP contribution in [-0.2, 0) is 19.1 Å². The van der Waals surface area contributed by atoms with E-state index in [1.54, 1.807) is 55.3 Å². The molecule has 3 rings (SSSR count). The van der Waals surface area contributed by atoms with Gasteiger partial charge in [-0.1, -0.05) is 24.3 Å². The SMILES string of the molecule is COCCNC(=O)CSc1ccccc1C(=O)OCC(=O)C(C#N)=C1N(C)c2ccccc2N1C. The lowest BCUT2D eigenvalue weighted by Crippen LogP contribution is -2.28. The molecule has 0 spiro atoms. The number of ketones is 1. The quantitative estimate of drug-likeness (QED) is 0.175. The molecule has 0 bridgehead atoms. The van der Waals surface area contributed by atoms with E-state index in [4.69, 9.17) is 9.47 Å². The molecule has 1 amide bonds. The number of carbonyl (C=O) groups is 3. The maximum atomic E-state index is 12.9. The average Bonchev–Trinajstić information content (AvgIpc) is 3.12. The van der Waals surface area contributed by atoms with Gasteiger partial charge in [0.1, 0.15) is 17.5 Å². The van der Waals surface area contributed by atoms with Crippen LogP contribution in [0.4, 0.5) is 11.4 Å². The Morgan fingerprint density at radius 1 is 1.03 bits per heavy atom. The van der Waals surface area contributed by atoms with E-state index in [1.807, 2.05) is 30.3 Å². The van der Waals surface area contributed by atoms with E-state index < -0.39 is 18.4 Å². The summed E-state index contributed by atoms with van der Waals surface area (Å²) in [4.78, 5) is 41.7. The van der Waals surface area contributed by atoms with E-state index in [2.05, 4.69) is 5.32 Å². The fraction of sp³-hybridized carbons (Fsp3) is 0.280. The number of Topliss-reactive ketones (excluding diaryl/α,β-unsaturated/α-hetero) is 1. The van der Waals surface area contributed by atoms with Crippen LogP contribution in [0.25, 0.3) is 0 Å². The largest absolute Gasteiger partial charge is 0.454 e. The molecule has 182 valence electrons. The first-order valence-corrected chi connectivity index (χ1v) is 11.8. The molecule has 0 saturated heterocycles. The van der Waals surface area contributed by atoms with Crippen molar-refractivity contribution >= 4 is 40.8 Å². The van der Waals surface area contributed by atoms with Crippen molar-refractivity contribution in [1.82, 2.24) is 5.32 Å². The summed E-state index contributed by atoms with van der Waals surface area (Å²) >= 11 is 1.19. The van der Waals surface area contributed by atoms with Gasteiger partial charge in [-0.25, -0.2) is 4.79 Å². The summed E-state index contributed by atoms with van der Waals surface area (Å²) in [6, 6.07) is 16.2. The highest BCUT2D eigenvalue weighted by Gasteiger charge is 2.31. The maximum Gasteiger partial charge on any atom is 0.339 e. The first-order valence-electron chi connectivity index (χ1n) is 10.8. The van der Waals surface area contributed by atoms with Crippen LogP contribution in [0, 0.1) is 11.3 Å². The van der Waals surface area contributed by atoms with E-state index >= 15 is 0 Å². The van der Waals surface area contributed by atoms with E-state index in [9.17, 15) is 19.6 Å². The summed E-state index contributed by atoms with van der Waals surface area (Å²) in [7, 11) is 5.09. The molecule has 0 unspecified atom stereocenters. The Bertz CT molecular complexity index is 1160. The predicted octanol–water partition coefficient (Wildman–Crippen LogP) is 2.59. The van der Waals surface area contributed by atoms with E-state index in [-0.39, 0.29) is 22.8 Å². The lowest BCUT2D eigenvalue weighted by molar-refractivity contribution is -0.119. The first kappa shape index (κ1) is 25.8. The van der Waals surface area contributed by atoms with Gasteiger partial charge in [-0.15, -0.1) is 11.8 Å². The molecule has 9 nitrogen and oxygen atoms in total. The van der Waals surface area contributed by atoms with Gasteiger partial charge in [0, 0.05) is 32.6 Å². The Morgan fingerprint density at radius 3 is 2.29 bits per heavy atom. The third kappa shape index (κ3) is 6.01. The highest BCUT2D eigenvalue weighted by molar-refractivity contribution is 8.00. The normalized spacial score (nSPS) is 12.1. The number of carbonyl (C=O) groups excluding carboxylic acids is 3. The number of esters is 1. The molecule has 0 aliphatic carbocycles. The molecular weight excluding hydrogens is 468 g/mol. The number of benzene rings is 2. The Kier molecular flexibility index (Phi) is 8.89. The number of nitrogens with zero attached hydrogens (tertiary/aromatic N) is 3. The van der Waals surface area contributed by atoms with Gasteiger partial charge in [0.25, 0.3) is 0 Å². The van der Waals surface area contributed by atoms with Crippen molar-refractivity contribution < 1.29 is 23.9 Å². The molecule has 2 aromatic rings. The zero-order valence-corrected chi connectivity index (χ0v) is 20.6. The van der Waals surface area contributed by atoms with Crippen LogP contribution in [-0.4, -0.2) is 64.4 Å².